The Balaban J connectivity index is 2.08. The molecule has 1 unspecified atom stereocenters. The normalized spacial score (nSPS) is 32.6. The second-order valence-corrected chi connectivity index (χ2v) is 6.48. The zero-order valence-corrected chi connectivity index (χ0v) is 12.3. The summed E-state index contributed by atoms with van der Waals surface area (Å²) >= 11 is 0. The van der Waals surface area contributed by atoms with E-state index in [0.717, 1.165) is 12.8 Å². The number of rotatable bonds is 7. The van der Waals surface area contributed by atoms with Crippen LogP contribution in [0.1, 0.15) is 46.0 Å². The van der Waals surface area contributed by atoms with Crippen LogP contribution in [0, 0.1) is 23.2 Å². The Kier molecular flexibility index (Phi) is 4.44. The summed E-state index contributed by atoms with van der Waals surface area (Å²) in [6.07, 6.45) is 15.9. The summed E-state index contributed by atoms with van der Waals surface area (Å²) in [6, 6.07) is 0. The van der Waals surface area contributed by atoms with Crippen molar-refractivity contribution in [1.29, 1.82) is 0 Å². The molecule has 1 nitrogen and oxygen atoms in total. The molecule has 0 N–H and O–H groups in total. The number of hydrogen-bond acceptors (Lipinski definition) is 1. The van der Waals surface area contributed by atoms with E-state index in [1.807, 2.05) is 12.2 Å². The number of carbonyl (C=O) groups is 1. The first-order valence-electron chi connectivity index (χ1n) is 7.59. The van der Waals surface area contributed by atoms with E-state index in [1.54, 1.807) is 6.08 Å². The van der Waals surface area contributed by atoms with E-state index in [9.17, 15) is 4.79 Å². The fourth-order valence-corrected chi connectivity index (χ4v) is 3.83. The molecule has 3 atom stereocenters. The minimum absolute atomic E-state index is 0.201. The molecule has 2 aliphatic carbocycles. The highest BCUT2D eigenvalue weighted by atomic mass is 16.1. The van der Waals surface area contributed by atoms with Gasteiger partial charge in [0.1, 0.15) is 0 Å². The molecule has 2 bridgehead atoms. The van der Waals surface area contributed by atoms with Crippen LogP contribution < -0.4 is 0 Å². The molecule has 0 aromatic rings. The minimum Gasteiger partial charge on any atom is -0.295 e. The van der Waals surface area contributed by atoms with Gasteiger partial charge in [0.25, 0.3) is 0 Å². The maximum Gasteiger partial charge on any atom is 0.155 e. The molecule has 2 aliphatic rings. The third-order valence-electron chi connectivity index (χ3n) is 4.83. The third kappa shape index (κ3) is 2.91. The van der Waals surface area contributed by atoms with Gasteiger partial charge in [-0.05, 0) is 54.9 Å². The summed E-state index contributed by atoms with van der Waals surface area (Å²) in [5, 5.41) is 0. The molecule has 0 heterocycles. The topological polar surface area (TPSA) is 17.1 Å². The molecule has 104 valence electrons. The van der Waals surface area contributed by atoms with Gasteiger partial charge in [-0.1, -0.05) is 38.2 Å². The molecule has 1 fully saturated rings. The SMILES string of the molecule is C=CCCC1(CC(=O)/C=C/C(C)C)[C@@H]2C=C[C@H]1CC2. The standard InChI is InChI=1S/C18H26O/c1-4-5-12-18(13-17(19)11-6-14(2)3)15-7-8-16(18)10-9-15/h4,6-8,11,14-16H,1,5,9-10,12-13H2,2-3H3/b11-6+/t15-,16+,18?. The number of allylic oxidation sites excluding steroid dienone is 5. The molecular weight excluding hydrogens is 232 g/mol. The average molecular weight is 258 g/mol. The van der Waals surface area contributed by atoms with E-state index in [4.69, 9.17) is 0 Å². The highest BCUT2D eigenvalue weighted by Crippen LogP contribution is 2.58. The van der Waals surface area contributed by atoms with Gasteiger partial charge in [-0.25, -0.2) is 0 Å². The van der Waals surface area contributed by atoms with E-state index in [0.29, 0.717) is 30.0 Å². The van der Waals surface area contributed by atoms with Crippen molar-refractivity contribution in [3.8, 4) is 0 Å². The summed E-state index contributed by atoms with van der Waals surface area (Å²) in [5.41, 5.74) is 0.201. The number of fused-ring (bicyclic) bond motifs is 2. The van der Waals surface area contributed by atoms with Gasteiger partial charge in [-0.15, -0.1) is 6.58 Å². The van der Waals surface area contributed by atoms with Crippen LogP contribution in [0.3, 0.4) is 0 Å². The molecule has 0 aromatic heterocycles. The van der Waals surface area contributed by atoms with E-state index in [1.165, 1.54) is 12.8 Å². The van der Waals surface area contributed by atoms with Crippen LogP contribution in [0.15, 0.2) is 37.0 Å². The zero-order chi connectivity index (χ0) is 13.9. The van der Waals surface area contributed by atoms with Crippen LogP contribution in [-0.4, -0.2) is 5.78 Å². The van der Waals surface area contributed by atoms with E-state index >= 15 is 0 Å². The van der Waals surface area contributed by atoms with Crippen molar-refractivity contribution in [2.75, 3.05) is 0 Å². The lowest BCUT2D eigenvalue weighted by molar-refractivity contribution is -0.117. The number of hydrogen-bond donors (Lipinski definition) is 0. The molecule has 0 saturated heterocycles. The van der Waals surface area contributed by atoms with Gasteiger partial charge >= 0.3 is 0 Å². The van der Waals surface area contributed by atoms with Crippen LogP contribution in [0.2, 0.25) is 0 Å². The quantitative estimate of drug-likeness (QED) is 0.477. The van der Waals surface area contributed by atoms with Crippen LogP contribution in [-0.2, 0) is 4.79 Å². The fraction of sp³-hybridized carbons (Fsp3) is 0.611. The Morgan fingerprint density at radius 2 is 2.00 bits per heavy atom. The highest BCUT2D eigenvalue weighted by molar-refractivity contribution is 5.90. The van der Waals surface area contributed by atoms with Gasteiger partial charge < -0.3 is 0 Å². The summed E-state index contributed by atoms with van der Waals surface area (Å²) in [5.74, 6) is 1.99. The summed E-state index contributed by atoms with van der Waals surface area (Å²) in [4.78, 5) is 12.3. The molecule has 2 rings (SSSR count). The van der Waals surface area contributed by atoms with Gasteiger partial charge in [0.15, 0.2) is 5.78 Å². The number of carbonyl (C=O) groups excluding carboxylic acids is 1. The first kappa shape index (κ1) is 14.3. The van der Waals surface area contributed by atoms with Crippen molar-refractivity contribution >= 4 is 5.78 Å². The summed E-state index contributed by atoms with van der Waals surface area (Å²) in [6.45, 7) is 8.06. The van der Waals surface area contributed by atoms with Crippen LogP contribution >= 0.6 is 0 Å². The highest BCUT2D eigenvalue weighted by Gasteiger charge is 2.51. The summed E-state index contributed by atoms with van der Waals surface area (Å²) in [7, 11) is 0. The first-order valence-corrected chi connectivity index (χ1v) is 7.59. The van der Waals surface area contributed by atoms with Crippen molar-refractivity contribution in [3.63, 3.8) is 0 Å². The second-order valence-electron chi connectivity index (χ2n) is 6.48. The Bertz CT molecular complexity index is 386. The molecule has 0 aliphatic heterocycles. The molecule has 0 amide bonds. The molecule has 0 radical (unpaired) electrons. The monoisotopic (exact) mass is 258 g/mol. The molecule has 0 aromatic carbocycles. The van der Waals surface area contributed by atoms with Crippen LogP contribution in [0.5, 0.6) is 0 Å². The van der Waals surface area contributed by atoms with Crippen molar-refractivity contribution in [1.82, 2.24) is 0 Å². The lowest BCUT2D eigenvalue weighted by Gasteiger charge is -2.34. The maximum atomic E-state index is 12.3. The third-order valence-corrected chi connectivity index (χ3v) is 4.83. The van der Waals surface area contributed by atoms with Crippen LogP contribution in [0.25, 0.3) is 0 Å². The molecular formula is C18H26O. The lowest BCUT2D eigenvalue weighted by Crippen LogP contribution is -2.29. The van der Waals surface area contributed by atoms with Crippen molar-refractivity contribution in [2.45, 2.75) is 46.0 Å². The molecule has 19 heavy (non-hydrogen) atoms. The molecule has 1 saturated carbocycles. The maximum absolute atomic E-state index is 12.3. The van der Waals surface area contributed by atoms with Gasteiger partial charge in [0, 0.05) is 6.42 Å². The van der Waals surface area contributed by atoms with Crippen LogP contribution in [0.4, 0.5) is 0 Å². The Hall–Kier alpha value is -1.11. The number of ketones is 1. The predicted molar refractivity (Wildman–Crippen MR) is 80.8 cm³/mol. The summed E-state index contributed by atoms with van der Waals surface area (Å²) < 4.78 is 0. The largest absolute Gasteiger partial charge is 0.295 e. The van der Waals surface area contributed by atoms with E-state index in [-0.39, 0.29) is 5.41 Å². The van der Waals surface area contributed by atoms with E-state index in [2.05, 4.69) is 32.6 Å². The van der Waals surface area contributed by atoms with Gasteiger partial charge in [-0.2, -0.15) is 0 Å². The van der Waals surface area contributed by atoms with Crippen molar-refractivity contribution in [2.24, 2.45) is 23.2 Å². The average Bonchev–Trinajstić information content (AvgIpc) is 2.89. The van der Waals surface area contributed by atoms with Crippen molar-refractivity contribution < 1.29 is 4.79 Å². The zero-order valence-electron chi connectivity index (χ0n) is 12.3. The Morgan fingerprint density at radius 3 is 2.47 bits per heavy atom. The van der Waals surface area contributed by atoms with E-state index < -0.39 is 0 Å². The Morgan fingerprint density at radius 1 is 1.37 bits per heavy atom. The molecule has 0 spiro atoms. The van der Waals surface area contributed by atoms with Gasteiger partial charge in [0.2, 0.25) is 0 Å². The Labute approximate surface area is 117 Å². The van der Waals surface area contributed by atoms with Gasteiger partial charge in [-0.3, -0.25) is 4.79 Å². The smallest absolute Gasteiger partial charge is 0.155 e. The predicted octanol–water partition coefficient (Wildman–Crippen LogP) is 4.71. The fourth-order valence-electron chi connectivity index (χ4n) is 3.83. The first-order chi connectivity index (χ1) is 9.08. The molecule has 1 heteroatoms. The van der Waals surface area contributed by atoms with Gasteiger partial charge in [0.05, 0.1) is 0 Å². The lowest BCUT2D eigenvalue weighted by atomic mass is 9.69. The van der Waals surface area contributed by atoms with Crippen molar-refractivity contribution in [3.05, 3.63) is 37.0 Å². The second kappa shape index (κ2) is 5.90. The minimum atomic E-state index is 0.201.